The van der Waals surface area contributed by atoms with Crippen molar-refractivity contribution in [1.82, 2.24) is 10.3 Å². The molecule has 0 radical (unpaired) electrons. The monoisotopic (exact) mass is 348 g/mol. The van der Waals surface area contributed by atoms with Gasteiger partial charge in [0, 0.05) is 19.2 Å². The molecule has 2 aromatic rings. The fraction of sp³-hybridized carbons (Fsp3) is 0.389. The van der Waals surface area contributed by atoms with Gasteiger partial charge in [-0.25, -0.2) is 9.37 Å². The van der Waals surface area contributed by atoms with E-state index in [-0.39, 0.29) is 11.9 Å². The molecule has 134 valence electrons. The van der Waals surface area contributed by atoms with Gasteiger partial charge in [0.05, 0.1) is 26.5 Å². The Balaban J connectivity index is 1.96. The molecule has 2 atom stereocenters. The van der Waals surface area contributed by atoms with Gasteiger partial charge in [-0.3, -0.25) is 0 Å². The van der Waals surface area contributed by atoms with E-state index in [4.69, 9.17) is 18.9 Å². The van der Waals surface area contributed by atoms with E-state index in [0.29, 0.717) is 30.5 Å². The molecule has 3 rings (SSSR count). The first-order valence-electron chi connectivity index (χ1n) is 8.05. The second-order valence-corrected chi connectivity index (χ2v) is 5.53. The van der Waals surface area contributed by atoms with Crippen LogP contribution >= 0.6 is 0 Å². The average molecular weight is 348 g/mol. The van der Waals surface area contributed by atoms with Gasteiger partial charge < -0.3 is 24.3 Å². The molecule has 0 bridgehead atoms. The molecule has 0 spiro atoms. The summed E-state index contributed by atoms with van der Waals surface area (Å²) in [5.41, 5.74) is 0.596. The van der Waals surface area contributed by atoms with E-state index in [0.717, 1.165) is 6.54 Å². The Kier molecular flexibility index (Phi) is 5.67. The summed E-state index contributed by atoms with van der Waals surface area (Å²) < 4.78 is 36.6. The van der Waals surface area contributed by atoms with Gasteiger partial charge >= 0.3 is 0 Å². The molecule has 0 unspecified atom stereocenters. The third-order valence-electron chi connectivity index (χ3n) is 3.94. The maximum Gasteiger partial charge on any atom is 0.213 e. The van der Waals surface area contributed by atoms with Gasteiger partial charge in [-0.05, 0) is 18.2 Å². The summed E-state index contributed by atoms with van der Waals surface area (Å²) in [7, 11) is 3.01. The Labute approximate surface area is 145 Å². The highest BCUT2D eigenvalue weighted by molar-refractivity contribution is 5.41. The van der Waals surface area contributed by atoms with Crippen LogP contribution in [-0.4, -0.2) is 45.0 Å². The van der Waals surface area contributed by atoms with Crippen molar-refractivity contribution >= 4 is 0 Å². The smallest absolute Gasteiger partial charge is 0.213 e. The summed E-state index contributed by atoms with van der Waals surface area (Å²) in [6.07, 6.45) is -0.939. The lowest BCUT2D eigenvalue weighted by atomic mass is 10.1. The molecule has 0 saturated carbocycles. The van der Waals surface area contributed by atoms with Crippen LogP contribution in [0.15, 0.2) is 36.4 Å². The minimum atomic E-state index is -0.617. The number of aromatic nitrogens is 1. The number of morpholine rings is 1. The van der Waals surface area contributed by atoms with Crippen molar-refractivity contribution in [2.45, 2.75) is 12.2 Å². The van der Waals surface area contributed by atoms with Crippen LogP contribution in [0.3, 0.4) is 0 Å². The largest absolute Gasteiger partial charge is 0.493 e. The Bertz CT molecular complexity index is 707. The van der Waals surface area contributed by atoms with Gasteiger partial charge in [0.1, 0.15) is 6.10 Å². The van der Waals surface area contributed by atoms with E-state index in [9.17, 15) is 4.39 Å². The van der Waals surface area contributed by atoms with Crippen molar-refractivity contribution in [3.63, 3.8) is 0 Å². The van der Waals surface area contributed by atoms with Crippen LogP contribution in [0.2, 0.25) is 0 Å². The lowest BCUT2D eigenvalue weighted by Gasteiger charge is -2.31. The molecule has 1 fully saturated rings. The molecule has 25 heavy (non-hydrogen) atoms. The van der Waals surface area contributed by atoms with Gasteiger partial charge in [-0.15, -0.1) is 0 Å². The number of nitrogens with zero attached hydrogens (tertiary/aromatic N) is 1. The van der Waals surface area contributed by atoms with Crippen molar-refractivity contribution in [3.8, 4) is 17.4 Å². The second-order valence-electron chi connectivity index (χ2n) is 5.53. The number of benzene rings is 1. The second kappa shape index (κ2) is 8.13. The molecule has 0 aliphatic carbocycles. The number of ether oxygens (including phenoxy) is 4. The van der Waals surface area contributed by atoms with Crippen molar-refractivity contribution < 1.29 is 23.3 Å². The van der Waals surface area contributed by atoms with Gasteiger partial charge in [0.25, 0.3) is 0 Å². The molecule has 1 aliphatic rings. The summed E-state index contributed by atoms with van der Waals surface area (Å²) in [5.74, 6) is 0.303. The molecule has 1 saturated heterocycles. The predicted octanol–water partition coefficient (Wildman–Crippen LogP) is 2.35. The first-order valence-corrected chi connectivity index (χ1v) is 8.05. The zero-order chi connectivity index (χ0) is 17.6. The Hall–Kier alpha value is -2.38. The average Bonchev–Trinajstić information content (AvgIpc) is 2.67. The summed E-state index contributed by atoms with van der Waals surface area (Å²) >= 11 is 0. The molecular weight excluding hydrogens is 327 g/mol. The SMILES string of the molecule is COc1cccc([C@H](Oc2c(F)cccc2OC)[C@@H]2CNCCO2)n1. The van der Waals surface area contributed by atoms with Gasteiger partial charge in [0.2, 0.25) is 5.88 Å². The normalized spacial score (nSPS) is 18.4. The standard InChI is InChI=1S/C18H21FN2O4/c1-22-14-7-3-5-12(19)17(14)25-18(15-11-20-9-10-24-15)13-6-4-8-16(21-13)23-2/h3-8,15,18,20H,9-11H2,1-2H3/t15-,18-/m0/s1. The lowest BCUT2D eigenvalue weighted by Crippen LogP contribution is -2.43. The van der Waals surface area contributed by atoms with Crippen LogP contribution in [0.4, 0.5) is 4.39 Å². The van der Waals surface area contributed by atoms with Crippen LogP contribution in [0.5, 0.6) is 17.4 Å². The maximum atomic E-state index is 14.3. The Morgan fingerprint density at radius 1 is 1.20 bits per heavy atom. The zero-order valence-corrected chi connectivity index (χ0v) is 14.2. The number of para-hydroxylation sites is 1. The van der Waals surface area contributed by atoms with Crippen LogP contribution in [0.25, 0.3) is 0 Å². The molecule has 6 nitrogen and oxygen atoms in total. The zero-order valence-electron chi connectivity index (χ0n) is 14.2. The van der Waals surface area contributed by atoms with E-state index >= 15 is 0 Å². The van der Waals surface area contributed by atoms with Crippen LogP contribution < -0.4 is 19.5 Å². The molecule has 0 amide bonds. The number of methoxy groups -OCH3 is 2. The number of halogens is 1. The predicted molar refractivity (Wildman–Crippen MR) is 89.7 cm³/mol. The van der Waals surface area contributed by atoms with Gasteiger partial charge in [-0.2, -0.15) is 0 Å². The number of hydrogen-bond acceptors (Lipinski definition) is 6. The molecule has 1 aromatic carbocycles. The maximum absolute atomic E-state index is 14.3. The van der Waals surface area contributed by atoms with E-state index < -0.39 is 11.9 Å². The van der Waals surface area contributed by atoms with Crippen molar-refractivity contribution in [1.29, 1.82) is 0 Å². The summed E-state index contributed by atoms with van der Waals surface area (Å²) in [6.45, 7) is 1.88. The quantitative estimate of drug-likeness (QED) is 0.865. The highest BCUT2D eigenvalue weighted by Crippen LogP contribution is 2.35. The summed E-state index contributed by atoms with van der Waals surface area (Å²) in [5, 5.41) is 3.25. The van der Waals surface area contributed by atoms with E-state index in [1.165, 1.54) is 13.2 Å². The van der Waals surface area contributed by atoms with Gasteiger partial charge in [0.15, 0.2) is 23.4 Å². The van der Waals surface area contributed by atoms with Crippen LogP contribution in [0, 0.1) is 5.82 Å². The highest BCUT2D eigenvalue weighted by atomic mass is 19.1. The first kappa shape index (κ1) is 17.4. The summed E-state index contributed by atoms with van der Waals surface area (Å²) in [6, 6.07) is 9.90. The van der Waals surface area contributed by atoms with E-state index in [2.05, 4.69) is 10.3 Å². The van der Waals surface area contributed by atoms with Crippen molar-refractivity contribution in [3.05, 3.63) is 47.9 Å². The van der Waals surface area contributed by atoms with Gasteiger partial charge in [-0.1, -0.05) is 12.1 Å². The van der Waals surface area contributed by atoms with Crippen molar-refractivity contribution in [2.75, 3.05) is 33.9 Å². The number of pyridine rings is 1. The Morgan fingerprint density at radius 3 is 2.76 bits per heavy atom. The van der Waals surface area contributed by atoms with E-state index in [1.807, 2.05) is 6.07 Å². The minimum Gasteiger partial charge on any atom is -0.493 e. The molecule has 7 heteroatoms. The molecule has 1 aromatic heterocycles. The molecular formula is C18H21FN2O4. The molecule has 1 N–H and O–H groups in total. The number of hydrogen-bond donors (Lipinski definition) is 1. The van der Waals surface area contributed by atoms with Crippen LogP contribution in [0.1, 0.15) is 11.8 Å². The number of nitrogens with one attached hydrogen (secondary N) is 1. The summed E-state index contributed by atoms with van der Waals surface area (Å²) in [4.78, 5) is 4.43. The highest BCUT2D eigenvalue weighted by Gasteiger charge is 2.31. The van der Waals surface area contributed by atoms with Crippen molar-refractivity contribution in [2.24, 2.45) is 0 Å². The number of rotatable bonds is 6. The fourth-order valence-electron chi connectivity index (χ4n) is 2.70. The first-order chi connectivity index (χ1) is 12.2. The molecule has 1 aliphatic heterocycles. The minimum absolute atomic E-state index is 0.0359. The third kappa shape index (κ3) is 4.00. The van der Waals surface area contributed by atoms with E-state index in [1.54, 1.807) is 31.4 Å². The fourth-order valence-corrected chi connectivity index (χ4v) is 2.70. The Morgan fingerprint density at radius 2 is 2.04 bits per heavy atom. The third-order valence-corrected chi connectivity index (χ3v) is 3.94. The topological polar surface area (TPSA) is 61.8 Å². The van der Waals surface area contributed by atoms with Crippen LogP contribution in [-0.2, 0) is 4.74 Å². The lowest BCUT2D eigenvalue weighted by molar-refractivity contribution is -0.0464. The molecule has 2 heterocycles.